The van der Waals surface area contributed by atoms with Crippen LogP contribution in [0.2, 0.25) is 0 Å². The Morgan fingerprint density at radius 2 is 2.09 bits per heavy atom. The Bertz CT molecular complexity index is 253. The van der Waals surface area contributed by atoms with E-state index in [1.807, 2.05) is 0 Å². The second kappa shape index (κ2) is 2.51. The Hall–Kier alpha value is -1.09. The number of hydrogen-bond acceptors (Lipinski definition) is 2. The molecule has 0 radical (unpaired) electrons. The van der Waals surface area contributed by atoms with E-state index in [0.717, 1.165) is 4.73 Å². The maximum absolute atomic E-state index is 9.49. The molecule has 0 atom stereocenters. The standard InChI is InChI=1S/C8H12NO2/c1-8(2,10)7-4-3-5-9(11)6-7/h3-6,10-11H,1-2H3/q+1. The Morgan fingerprint density at radius 1 is 1.45 bits per heavy atom. The van der Waals surface area contributed by atoms with Crippen molar-refractivity contribution in [2.45, 2.75) is 19.4 Å². The quantitative estimate of drug-likeness (QED) is 0.455. The lowest BCUT2D eigenvalue weighted by molar-refractivity contribution is -0.905. The molecule has 1 rings (SSSR count). The highest BCUT2D eigenvalue weighted by Crippen LogP contribution is 2.16. The minimum Gasteiger partial charge on any atom is -0.386 e. The number of rotatable bonds is 1. The Kier molecular flexibility index (Phi) is 1.83. The summed E-state index contributed by atoms with van der Waals surface area (Å²) < 4.78 is 0.924. The van der Waals surface area contributed by atoms with Crippen LogP contribution in [0, 0.1) is 0 Å². The van der Waals surface area contributed by atoms with Crippen LogP contribution in [0.4, 0.5) is 0 Å². The van der Waals surface area contributed by atoms with Gasteiger partial charge in [-0.15, -0.1) is 0 Å². The zero-order chi connectivity index (χ0) is 8.48. The van der Waals surface area contributed by atoms with Crippen molar-refractivity contribution in [2.75, 3.05) is 0 Å². The average Bonchev–Trinajstić information content (AvgIpc) is 1.86. The number of nitrogens with zero attached hydrogens (tertiary/aromatic N) is 1. The average molecular weight is 154 g/mol. The SMILES string of the molecule is CC(C)(O)c1ccc[n+](O)c1. The number of hydrogen-bond donors (Lipinski definition) is 2. The predicted octanol–water partition coefficient (Wildman–Crippen LogP) is 0.439. The molecule has 0 saturated carbocycles. The van der Waals surface area contributed by atoms with E-state index < -0.39 is 5.60 Å². The molecule has 1 aromatic heterocycles. The van der Waals surface area contributed by atoms with Gasteiger partial charge in [0.25, 0.3) is 0 Å². The lowest BCUT2D eigenvalue weighted by atomic mass is 10.0. The lowest BCUT2D eigenvalue weighted by Crippen LogP contribution is -2.31. The van der Waals surface area contributed by atoms with Crippen LogP contribution >= 0.6 is 0 Å². The maximum Gasteiger partial charge on any atom is 0.228 e. The Labute approximate surface area is 65.5 Å². The van der Waals surface area contributed by atoms with Crippen LogP contribution in [0.25, 0.3) is 0 Å². The van der Waals surface area contributed by atoms with Crippen molar-refractivity contribution in [3.05, 3.63) is 30.1 Å². The summed E-state index contributed by atoms with van der Waals surface area (Å²) in [5.41, 5.74) is -0.214. The largest absolute Gasteiger partial charge is 0.386 e. The van der Waals surface area contributed by atoms with Gasteiger partial charge in [-0.2, -0.15) is 0 Å². The topological polar surface area (TPSA) is 44.3 Å². The molecule has 0 spiro atoms. The van der Waals surface area contributed by atoms with Crippen LogP contribution in [0.3, 0.4) is 0 Å². The summed E-state index contributed by atoms with van der Waals surface area (Å²) >= 11 is 0. The molecule has 0 aromatic carbocycles. The van der Waals surface area contributed by atoms with Gasteiger partial charge >= 0.3 is 0 Å². The normalized spacial score (nSPS) is 11.5. The summed E-state index contributed by atoms with van der Waals surface area (Å²) in [5, 5.41) is 18.5. The molecule has 0 aliphatic rings. The van der Waals surface area contributed by atoms with Crippen LogP contribution < -0.4 is 4.73 Å². The molecule has 0 aliphatic heterocycles. The van der Waals surface area contributed by atoms with Crippen molar-refractivity contribution in [3.8, 4) is 0 Å². The van der Waals surface area contributed by atoms with E-state index in [2.05, 4.69) is 0 Å². The van der Waals surface area contributed by atoms with Gasteiger partial charge in [-0.25, -0.2) is 0 Å². The van der Waals surface area contributed by atoms with E-state index in [4.69, 9.17) is 5.21 Å². The van der Waals surface area contributed by atoms with Crippen molar-refractivity contribution >= 4 is 0 Å². The molecule has 0 bridgehead atoms. The first-order valence-corrected chi connectivity index (χ1v) is 3.43. The molecule has 2 N–H and O–H groups in total. The fourth-order valence-corrected chi connectivity index (χ4v) is 0.825. The molecule has 60 valence electrons. The third kappa shape index (κ3) is 1.91. The molecule has 3 heteroatoms. The maximum atomic E-state index is 9.49. The van der Waals surface area contributed by atoms with Gasteiger partial charge in [0.1, 0.15) is 0 Å². The first-order chi connectivity index (χ1) is 5.00. The van der Waals surface area contributed by atoms with E-state index in [9.17, 15) is 5.11 Å². The van der Waals surface area contributed by atoms with Crippen LogP contribution in [0.15, 0.2) is 24.5 Å². The van der Waals surface area contributed by atoms with Gasteiger partial charge < -0.3 is 5.11 Å². The van der Waals surface area contributed by atoms with Gasteiger partial charge in [0, 0.05) is 10.8 Å². The van der Waals surface area contributed by atoms with Gasteiger partial charge in [0.15, 0.2) is 0 Å². The summed E-state index contributed by atoms with van der Waals surface area (Å²) in [6.45, 7) is 3.34. The molecule has 0 saturated heterocycles. The molecule has 0 fully saturated rings. The van der Waals surface area contributed by atoms with Gasteiger partial charge in [0.05, 0.1) is 11.2 Å². The Morgan fingerprint density at radius 3 is 2.45 bits per heavy atom. The van der Waals surface area contributed by atoms with E-state index >= 15 is 0 Å². The molecule has 1 heterocycles. The van der Waals surface area contributed by atoms with Crippen LogP contribution in [-0.4, -0.2) is 10.3 Å². The van der Waals surface area contributed by atoms with Gasteiger partial charge in [-0.3, -0.25) is 5.21 Å². The van der Waals surface area contributed by atoms with Crippen LogP contribution in [0.5, 0.6) is 0 Å². The number of aliphatic hydroxyl groups is 1. The molecular formula is C8H12NO2+. The second-order valence-electron chi connectivity index (χ2n) is 3.03. The first-order valence-electron chi connectivity index (χ1n) is 3.43. The summed E-state index contributed by atoms with van der Waals surface area (Å²) in [7, 11) is 0. The summed E-state index contributed by atoms with van der Waals surface area (Å²) in [6.07, 6.45) is 2.97. The third-order valence-corrected chi connectivity index (χ3v) is 1.49. The molecule has 3 nitrogen and oxygen atoms in total. The first kappa shape index (κ1) is 8.01. The van der Waals surface area contributed by atoms with Crippen molar-refractivity contribution in [1.29, 1.82) is 0 Å². The molecule has 0 unspecified atom stereocenters. The smallest absolute Gasteiger partial charge is 0.228 e. The van der Waals surface area contributed by atoms with E-state index in [1.165, 1.54) is 12.4 Å². The Balaban J connectivity index is 3.06. The molecule has 11 heavy (non-hydrogen) atoms. The highest BCUT2D eigenvalue weighted by molar-refractivity contribution is 5.12. The van der Waals surface area contributed by atoms with Crippen LogP contribution in [-0.2, 0) is 5.60 Å². The number of aromatic nitrogens is 1. The summed E-state index contributed by atoms with van der Waals surface area (Å²) in [5.74, 6) is 0. The van der Waals surface area contributed by atoms with Gasteiger partial charge in [-0.1, -0.05) is 0 Å². The second-order valence-corrected chi connectivity index (χ2v) is 3.03. The van der Waals surface area contributed by atoms with E-state index in [1.54, 1.807) is 26.0 Å². The zero-order valence-corrected chi connectivity index (χ0v) is 6.65. The predicted molar refractivity (Wildman–Crippen MR) is 39.1 cm³/mol. The van der Waals surface area contributed by atoms with Crippen molar-refractivity contribution < 1.29 is 15.0 Å². The lowest BCUT2D eigenvalue weighted by Gasteiger charge is -2.14. The van der Waals surface area contributed by atoms with Gasteiger partial charge in [-0.05, 0) is 19.9 Å². The van der Waals surface area contributed by atoms with Gasteiger partial charge in [0.2, 0.25) is 12.4 Å². The third-order valence-electron chi connectivity index (χ3n) is 1.49. The zero-order valence-electron chi connectivity index (χ0n) is 6.65. The molecule has 1 aromatic rings. The minimum atomic E-state index is -0.897. The highest BCUT2D eigenvalue weighted by atomic mass is 16.5. The van der Waals surface area contributed by atoms with Crippen LogP contribution in [0.1, 0.15) is 19.4 Å². The van der Waals surface area contributed by atoms with E-state index in [0.29, 0.717) is 5.56 Å². The minimum absolute atomic E-state index is 0.683. The highest BCUT2D eigenvalue weighted by Gasteiger charge is 2.18. The van der Waals surface area contributed by atoms with Crippen molar-refractivity contribution in [1.82, 2.24) is 0 Å². The summed E-state index contributed by atoms with van der Waals surface area (Å²) in [6, 6.07) is 3.43. The van der Waals surface area contributed by atoms with Crippen molar-refractivity contribution in [3.63, 3.8) is 0 Å². The molecule has 0 aliphatic carbocycles. The fraction of sp³-hybridized carbons (Fsp3) is 0.375. The monoisotopic (exact) mass is 154 g/mol. The van der Waals surface area contributed by atoms with Crippen molar-refractivity contribution in [2.24, 2.45) is 0 Å². The fourth-order valence-electron chi connectivity index (χ4n) is 0.825. The molecule has 0 amide bonds. The van der Waals surface area contributed by atoms with E-state index in [-0.39, 0.29) is 0 Å². The number of pyridine rings is 1. The summed E-state index contributed by atoms with van der Waals surface area (Å²) in [4.78, 5) is 0. The molecular weight excluding hydrogens is 142 g/mol.